The standard InChI is InChI=1S/C22H16O3/c23-21-19-15-11-12-16(20(19)22(24)25-21)18(15)17(13-7-3-1-4-8-13)14-9-5-2-6-10-14/h1-12,15-16,19-20H/t15-,16-,19-,20-/m1/s1. The molecule has 1 saturated carbocycles. The second kappa shape index (κ2) is 5.28. The van der Waals surface area contributed by atoms with Crippen molar-refractivity contribution in [1.29, 1.82) is 0 Å². The molecule has 1 saturated heterocycles. The maximum atomic E-state index is 12.2. The first-order chi connectivity index (χ1) is 12.3. The highest BCUT2D eigenvalue weighted by molar-refractivity contribution is 6.00. The summed E-state index contributed by atoms with van der Waals surface area (Å²) in [6, 6.07) is 20.4. The zero-order chi connectivity index (χ0) is 17.0. The van der Waals surface area contributed by atoms with Crippen LogP contribution in [0.5, 0.6) is 0 Å². The van der Waals surface area contributed by atoms with E-state index in [9.17, 15) is 9.59 Å². The van der Waals surface area contributed by atoms with Crippen molar-refractivity contribution in [3.63, 3.8) is 0 Å². The molecule has 2 aromatic rings. The summed E-state index contributed by atoms with van der Waals surface area (Å²) >= 11 is 0. The SMILES string of the molecule is O=C1OC(=O)[C@H]2[C@H]1[C@@H]1C=C[C@@H]2C1=C(c1ccccc1)c1ccccc1. The molecule has 1 heterocycles. The van der Waals surface area contributed by atoms with E-state index in [2.05, 4.69) is 36.4 Å². The Kier molecular flexibility index (Phi) is 3.04. The van der Waals surface area contributed by atoms with Crippen molar-refractivity contribution >= 4 is 17.5 Å². The fourth-order valence-electron chi connectivity index (χ4n) is 4.61. The fourth-order valence-corrected chi connectivity index (χ4v) is 4.61. The summed E-state index contributed by atoms with van der Waals surface area (Å²) in [6.45, 7) is 0. The monoisotopic (exact) mass is 328 g/mol. The van der Waals surface area contributed by atoms with Crippen LogP contribution in [0, 0.1) is 23.7 Å². The highest BCUT2D eigenvalue weighted by Gasteiger charge is 2.61. The van der Waals surface area contributed by atoms with Gasteiger partial charge in [-0.05, 0) is 22.3 Å². The Morgan fingerprint density at radius 1 is 0.680 bits per heavy atom. The summed E-state index contributed by atoms with van der Waals surface area (Å²) < 4.78 is 4.91. The van der Waals surface area contributed by atoms with E-state index in [1.54, 1.807) is 0 Å². The number of cyclic esters (lactones) is 2. The molecular formula is C22H16O3. The number of benzene rings is 2. The van der Waals surface area contributed by atoms with Gasteiger partial charge in [0.1, 0.15) is 0 Å². The first-order valence-corrected chi connectivity index (χ1v) is 8.54. The number of ether oxygens (including phenoxy) is 1. The minimum absolute atomic E-state index is 0.0515. The topological polar surface area (TPSA) is 43.4 Å². The number of carbonyl (C=O) groups is 2. The van der Waals surface area contributed by atoms with Crippen LogP contribution in [0.1, 0.15) is 11.1 Å². The van der Waals surface area contributed by atoms with E-state index in [-0.39, 0.29) is 35.6 Å². The van der Waals surface area contributed by atoms with Gasteiger partial charge in [0.05, 0.1) is 11.8 Å². The zero-order valence-electron chi connectivity index (χ0n) is 13.5. The molecule has 4 atom stereocenters. The van der Waals surface area contributed by atoms with Crippen LogP contribution in [0.3, 0.4) is 0 Å². The Morgan fingerprint density at radius 2 is 1.12 bits per heavy atom. The van der Waals surface area contributed by atoms with Gasteiger partial charge in [0, 0.05) is 11.8 Å². The van der Waals surface area contributed by atoms with Gasteiger partial charge in [-0.1, -0.05) is 72.8 Å². The third-order valence-electron chi connectivity index (χ3n) is 5.56. The Labute approximate surface area is 145 Å². The van der Waals surface area contributed by atoms with Gasteiger partial charge in [0.25, 0.3) is 0 Å². The largest absolute Gasteiger partial charge is 0.393 e. The molecule has 122 valence electrons. The fraction of sp³-hybridized carbons (Fsp3) is 0.182. The molecule has 2 aliphatic carbocycles. The third kappa shape index (κ3) is 1.99. The van der Waals surface area contributed by atoms with Crippen molar-refractivity contribution < 1.29 is 14.3 Å². The van der Waals surface area contributed by atoms with Crippen LogP contribution in [0.2, 0.25) is 0 Å². The van der Waals surface area contributed by atoms with E-state index < -0.39 is 0 Å². The number of carbonyl (C=O) groups excluding carboxylic acids is 2. The van der Waals surface area contributed by atoms with Crippen molar-refractivity contribution in [2.24, 2.45) is 23.7 Å². The maximum Gasteiger partial charge on any atom is 0.318 e. The van der Waals surface area contributed by atoms with Crippen molar-refractivity contribution in [3.8, 4) is 0 Å². The van der Waals surface area contributed by atoms with E-state index in [0.29, 0.717) is 0 Å². The molecule has 5 rings (SSSR count). The van der Waals surface area contributed by atoms with Gasteiger partial charge in [-0.2, -0.15) is 0 Å². The number of esters is 2. The number of hydrogen-bond acceptors (Lipinski definition) is 3. The molecule has 2 fully saturated rings. The molecule has 2 aromatic carbocycles. The molecule has 0 aromatic heterocycles. The minimum Gasteiger partial charge on any atom is -0.393 e. The first kappa shape index (κ1) is 14.4. The van der Waals surface area contributed by atoms with Crippen LogP contribution in [-0.4, -0.2) is 11.9 Å². The highest BCUT2D eigenvalue weighted by Crippen LogP contribution is 2.57. The molecule has 1 aliphatic heterocycles. The second-order valence-corrected chi connectivity index (χ2v) is 6.79. The van der Waals surface area contributed by atoms with E-state index >= 15 is 0 Å². The lowest BCUT2D eigenvalue weighted by molar-refractivity contribution is -0.154. The summed E-state index contributed by atoms with van der Waals surface area (Å²) in [5.74, 6) is -1.57. The average molecular weight is 328 g/mol. The summed E-state index contributed by atoms with van der Waals surface area (Å²) in [5.41, 5.74) is 4.54. The number of hydrogen-bond donors (Lipinski definition) is 0. The number of fused-ring (bicyclic) bond motifs is 5. The van der Waals surface area contributed by atoms with Crippen LogP contribution < -0.4 is 0 Å². The van der Waals surface area contributed by atoms with Crippen LogP contribution >= 0.6 is 0 Å². The summed E-state index contributed by atoms with van der Waals surface area (Å²) in [4.78, 5) is 24.4. The Morgan fingerprint density at radius 3 is 1.56 bits per heavy atom. The average Bonchev–Trinajstić information content (AvgIpc) is 3.29. The van der Waals surface area contributed by atoms with Gasteiger partial charge in [0.15, 0.2) is 0 Å². The van der Waals surface area contributed by atoms with Gasteiger partial charge in [-0.3, -0.25) is 9.59 Å². The molecule has 0 radical (unpaired) electrons. The third-order valence-corrected chi connectivity index (χ3v) is 5.56. The smallest absolute Gasteiger partial charge is 0.318 e. The van der Waals surface area contributed by atoms with E-state index in [0.717, 1.165) is 16.7 Å². The normalized spacial score (nSPS) is 29.0. The molecule has 3 nitrogen and oxygen atoms in total. The molecule has 2 bridgehead atoms. The lowest BCUT2D eigenvalue weighted by atomic mass is 9.85. The lowest BCUT2D eigenvalue weighted by Crippen LogP contribution is -2.21. The Hall–Kier alpha value is -2.94. The van der Waals surface area contributed by atoms with Gasteiger partial charge < -0.3 is 4.74 Å². The second-order valence-electron chi connectivity index (χ2n) is 6.79. The predicted molar refractivity (Wildman–Crippen MR) is 93.1 cm³/mol. The van der Waals surface area contributed by atoms with Crippen LogP contribution in [0.4, 0.5) is 0 Å². The molecule has 0 amide bonds. The molecule has 3 heteroatoms. The predicted octanol–water partition coefficient (Wildman–Crippen LogP) is 3.62. The van der Waals surface area contributed by atoms with E-state index in [1.807, 2.05) is 36.4 Å². The lowest BCUT2D eigenvalue weighted by Gasteiger charge is -2.18. The minimum atomic E-state index is -0.371. The molecule has 25 heavy (non-hydrogen) atoms. The molecule has 3 aliphatic rings. The van der Waals surface area contributed by atoms with E-state index in [4.69, 9.17) is 4.74 Å². The van der Waals surface area contributed by atoms with Gasteiger partial charge in [-0.15, -0.1) is 0 Å². The van der Waals surface area contributed by atoms with Crippen molar-refractivity contribution in [1.82, 2.24) is 0 Å². The van der Waals surface area contributed by atoms with Gasteiger partial charge >= 0.3 is 11.9 Å². The summed E-state index contributed by atoms with van der Waals surface area (Å²) in [6.07, 6.45) is 4.15. The first-order valence-electron chi connectivity index (χ1n) is 8.54. The quantitative estimate of drug-likeness (QED) is 0.480. The van der Waals surface area contributed by atoms with Crippen LogP contribution in [0.15, 0.2) is 78.4 Å². The Bertz CT molecular complexity index is 851. The van der Waals surface area contributed by atoms with Gasteiger partial charge in [-0.25, -0.2) is 0 Å². The maximum absolute atomic E-state index is 12.2. The number of allylic oxidation sites excluding steroid dienone is 3. The summed E-state index contributed by atoms with van der Waals surface area (Å²) in [7, 11) is 0. The highest BCUT2D eigenvalue weighted by atomic mass is 16.6. The van der Waals surface area contributed by atoms with E-state index in [1.165, 1.54) is 5.57 Å². The zero-order valence-corrected chi connectivity index (χ0v) is 13.5. The Balaban J connectivity index is 1.75. The molecular weight excluding hydrogens is 312 g/mol. The number of rotatable bonds is 2. The van der Waals surface area contributed by atoms with Crippen molar-refractivity contribution in [2.75, 3.05) is 0 Å². The molecule has 0 spiro atoms. The molecule has 0 N–H and O–H groups in total. The van der Waals surface area contributed by atoms with Crippen LogP contribution in [0.25, 0.3) is 5.57 Å². The van der Waals surface area contributed by atoms with Crippen LogP contribution in [-0.2, 0) is 14.3 Å². The van der Waals surface area contributed by atoms with Crippen molar-refractivity contribution in [2.45, 2.75) is 0 Å². The van der Waals surface area contributed by atoms with Crippen molar-refractivity contribution in [3.05, 3.63) is 89.5 Å². The summed E-state index contributed by atoms with van der Waals surface area (Å²) in [5, 5.41) is 0. The molecule has 0 unspecified atom stereocenters. The van der Waals surface area contributed by atoms with Gasteiger partial charge in [0.2, 0.25) is 0 Å².